The zero-order valence-corrected chi connectivity index (χ0v) is 10.3. The number of aliphatic hydroxyl groups is 1. The fraction of sp³-hybridized carbons (Fsp3) is 0.583. The third-order valence-corrected chi connectivity index (χ3v) is 3.62. The number of nitrogens with one attached hydrogen (secondary N) is 1. The molecule has 1 saturated carbocycles. The Morgan fingerprint density at radius 3 is 2.71 bits per heavy atom. The van der Waals surface area contributed by atoms with Crippen molar-refractivity contribution in [3.05, 3.63) is 23.1 Å². The second-order valence-corrected chi connectivity index (χ2v) is 5.02. The SMILES string of the molecule is O=C(NCC1(CO)CCCC1)c1ccc(Cl)o1. The zero-order chi connectivity index (χ0) is 12.3. The van der Waals surface area contributed by atoms with Crippen LogP contribution in [0.25, 0.3) is 0 Å². The standard InChI is InChI=1S/C12H16ClNO3/c13-10-4-3-9(17-10)11(16)14-7-12(8-15)5-1-2-6-12/h3-4,15H,1-2,5-8H2,(H,14,16). The fourth-order valence-corrected chi connectivity index (χ4v) is 2.45. The molecular formula is C12H16ClNO3. The van der Waals surface area contributed by atoms with E-state index < -0.39 is 0 Å². The molecule has 1 fully saturated rings. The van der Waals surface area contributed by atoms with Crippen LogP contribution in [-0.2, 0) is 0 Å². The second-order valence-electron chi connectivity index (χ2n) is 4.65. The van der Waals surface area contributed by atoms with E-state index in [2.05, 4.69) is 5.32 Å². The van der Waals surface area contributed by atoms with E-state index in [1.165, 1.54) is 12.1 Å². The zero-order valence-electron chi connectivity index (χ0n) is 9.54. The lowest BCUT2D eigenvalue weighted by Gasteiger charge is -2.26. The van der Waals surface area contributed by atoms with Gasteiger partial charge in [-0.15, -0.1) is 0 Å². The van der Waals surface area contributed by atoms with Crippen LogP contribution in [0, 0.1) is 5.41 Å². The molecule has 4 nitrogen and oxygen atoms in total. The summed E-state index contributed by atoms with van der Waals surface area (Å²) in [5.74, 6) is -0.0716. The van der Waals surface area contributed by atoms with Crippen molar-refractivity contribution in [2.24, 2.45) is 5.41 Å². The highest BCUT2D eigenvalue weighted by molar-refractivity contribution is 6.29. The predicted molar refractivity (Wildman–Crippen MR) is 64.0 cm³/mol. The molecule has 1 aromatic rings. The molecule has 94 valence electrons. The van der Waals surface area contributed by atoms with Crippen LogP contribution in [0.1, 0.15) is 36.2 Å². The molecule has 5 heteroatoms. The Morgan fingerprint density at radius 1 is 1.47 bits per heavy atom. The number of amides is 1. The fourth-order valence-electron chi connectivity index (χ4n) is 2.31. The maximum atomic E-state index is 11.7. The molecule has 1 aliphatic rings. The van der Waals surface area contributed by atoms with Crippen molar-refractivity contribution < 1.29 is 14.3 Å². The molecule has 1 heterocycles. The molecular weight excluding hydrogens is 242 g/mol. The van der Waals surface area contributed by atoms with Crippen LogP contribution in [0.2, 0.25) is 5.22 Å². The number of furan rings is 1. The van der Waals surface area contributed by atoms with Crippen LogP contribution in [0.3, 0.4) is 0 Å². The largest absolute Gasteiger partial charge is 0.440 e. The molecule has 0 bridgehead atoms. The lowest BCUT2D eigenvalue weighted by atomic mass is 9.87. The van der Waals surface area contributed by atoms with Gasteiger partial charge in [0.15, 0.2) is 11.0 Å². The van der Waals surface area contributed by atoms with Crippen molar-refractivity contribution in [1.82, 2.24) is 5.32 Å². The van der Waals surface area contributed by atoms with Crippen molar-refractivity contribution in [2.45, 2.75) is 25.7 Å². The maximum Gasteiger partial charge on any atom is 0.287 e. The van der Waals surface area contributed by atoms with E-state index in [-0.39, 0.29) is 28.9 Å². The second kappa shape index (κ2) is 5.10. The first-order valence-electron chi connectivity index (χ1n) is 5.80. The molecule has 1 aliphatic carbocycles. The minimum atomic E-state index is -0.281. The monoisotopic (exact) mass is 257 g/mol. The number of rotatable bonds is 4. The molecule has 2 rings (SSSR count). The number of hydrogen-bond donors (Lipinski definition) is 2. The number of halogens is 1. The van der Waals surface area contributed by atoms with Crippen LogP contribution >= 0.6 is 11.6 Å². The summed E-state index contributed by atoms with van der Waals surface area (Å²) in [6, 6.07) is 3.08. The molecule has 17 heavy (non-hydrogen) atoms. The Labute approximate surface area is 105 Å². The van der Waals surface area contributed by atoms with Crippen molar-refractivity contribution in [1.29, 1.82) is 0 Å². The highest BCUT2D eigenvalue weighted by atomic mass is 35.5. The quantitative estimate of drug-likeness (QED) is 0.869. The molecule has 1 aromatic heterocycles. The van der Waals surface area contributed by atoms with Crippen LogP contribution in [0.15, 0.2) is 16.5 Å². The lowest BCUT2D eigenvalue weighted by Crippen LogP contribution is -2.38. The minimum absolute atomic E-state index is 0.117. The first kappa shape index (κ1) is 12.5. The molecule has 2 N–H and O–H groups in total. The van der Waals surface area contributed by atoms with Gasteiger partial charge in [-0.1, -0.05) is 12.8 Å². The van der Waals surface area contributed by atoms with E-state index >= 15 is 0 Å². The van der Waals surface area contributed by atoms with Crippen molar-refractivity contribution in [2.75, 3.05) is 13.2 Å². The molecule has 0 spiro atoms. The van der Waals surface area contributed by atoms with Crippen LogP contribution in [-0.4, -0.2) is 24.2 Å². The molecule has 0 aromatic carbocycles. The highest BCUT2D eigenvalue weighted by Gasteiger charge is 2.33. The molecule has 1 amide bonds. The predicted octanol–water partition coefficient (Wildman–Crippen LogP) is 2.22. The van der Waals surface area contributed by atoms with Gasteiger partial charge in [0.25, 0.3) is 5.91 Å². The summed E-state index contributed by atoms with van der Waals surface area (Å²) in [6.45, 7) is 0.604. The topological polar surface area (TPSA) is 62.5 Å². The smallest absolute Gasteiger partial charge is 0.287 e. The Morgan fingerprint density at radius 2 is 2.18 bits per heavy atom. The summed E-state index contributed by atoms with van der Waals surface area (Å²) in [5.41, 5.74) is -0.147. The van der Waals surface area contributed by atoms with Gasteiger partial charge in [-0.2, -0.15) is 0 Å². The average molecular weight is 258 g/mol. The summed E-state index contributed by atoms with van der Waals surface area (Å²) in [4.78, 5) is 11.7. The number of carbonyl (C=O) groups is 1. The molecule has 0 saturated heterocycles. The molecule has 0 atom stereocenters. The Hall–Kier alpha value is -1.00. The van der Waals surface area contributed by atoms with Crippen LogP contribution < -0.4 is 5.32 Å². The Kier molecular flexibility index (Phi) is 3.74. The van der Waals surface area contributed by atoms with Crippen molar-refractivity contribution in [3.63, 3.8) is 0 Å². The summed E-state index contributed by atoms with van der Waals surface area (Å²) >= 11 is 5.60. The van der Waals surface area contributed by atoms with Gasteiger partial charge in [-0.25, -0.2) is 0 Å². The van der Waals surface area contributed by atoms with Gasteiger partial charge in [0, 0.05) is 12.0 Å². The van der Waals surface area contributed by atoms with Crippen molar-refractivity contribution >= 4 is 17.5 Å². The van der Waals surface area contributed by atoms with E-state index in [4.69, 9.17) is 16.0 Å². The van der Waals surface area contributed by atoms with E-state index in [1.807, 2.05) is 0 Å². The van der Waals surface area contributed by atoms with Gasteiger partial charge in [0.2, 0.25) is 0 Å². The van der Waals surface area contributed by atoms with Gasteiger partial charge in [-0.05, 0) is 36.6 Å². The van der Waals surface area contributed by atoms with Gasteiger partial charge in [0.1, 0.15) is 0 Å². The first-order valence-corrected chi connectivity index (χ1v) is 6.17. The van der Waals surface area contributed by atoms with Gasteiger partial charge in [0.05, 0.1) is 6.61 Å². The normalized spacial score (nSPS) is 18.2. The summed E-state index contributed by atoms with van der Waals surface area (Å²) in [6.07, 6.45) is 4.15. The Bertz CT molecular complexity index is 396. The van der Waals surface area contributed by atoms with E-state index in [0.29, 0.717) is 6.54 Å². The van der Waals surface area contributed by atoms with E-state index in [0.717, 1.165) is 25.7 Å². The maximum absolute atomic E-state index is 11.7. The number of carbonyl (C=O) groups excluding carboxylic acids is 1. The van der Waals surface area contributed by atoms with Gasteiger partial charge >= 0.3 is 0 Å². The Balaban J connectivity index is 1.91. The van der Waals surface area contributed by atoms with Crippen LogP contribution in [0.4, 0.5) is 0 Å². The summed E-state index contributed by atoms with van der Waals surface area (Å²) < 4.78 is 5.02. The average Bonchev–Trinajstić information content (AvgIpc) is 2.95. The summed E-state index contributed by atoms with van der Waals surface area (Å²) in [5, 5.41) is 12.4. The molecule has 0 radical (unpaired) electrons. The number of aliphatic hydroxyl groups excluding tert-OH is 1. The lowest BCUT2D eigenvalue weighted by molar-refractivity contribution is 0.0855. The summed E-state index contributed by atoms with van der Waals surface area (Å²) in [7, 11) is 0. The van der Waals surface area contributed by atoms with E-state index in [9.17, 15) is 9.90 Å². The molecule has 0 aliphatic heterocycles. The number of hydrogen-bond acceptors (Lipinski definition) is 3. The first-order chi connectivity index (χ1) is 8.15. The van der Waals surface area contributed by atoms with Gasteiger partial charge < -0.3 is 14.8 Å². The van der Waals surface area contributed by atoms with E-state index in [1.54, 1.807) is 0 Å². The van der Waals surface area contributed by atoms with Crippen LogP contribution in [0.5, 0.6) is 0 Å². The third kappa shape index (κ3) is 2.82. The highest BCUT2D eigenvalue weighted by Crippen LogP contribution is 2.36. The minimum Gasteiger partial charge on any atom is -0.440 e. The third-order valence-electron chi connectivity index (χ3n) is 3.42. The van der Waals surface area contributed by atoms with Crippen molar-refractivity contribution in [3.8, 4) is 0 Å². The van der Waals surface area contributed by atoms with Gasteiger partial charge in [-0.3, -0.25) is 4.79 Å². The molecule has 0 unspecified atom stereocenters.